The van der Waals surface area contributed by atoms with Gasteiger partial charge >= 0.3 is 5.97 Å². The Hall–Kier alpha value is -2.60. The van der Waals surface area contributed by atoms with Crippen LogP contribution in [0.2, 0.25) is 0 Å². The Kier molecular flexibility index (Phi) is 3.40. The fraction of sp³-hybridized carbons (Fsp3) is 0.0667. The normalized spacial score (nSPS) is 11.5. The van der Waals surface area contributed by atoms with E-state index in [-0.39, 0.29) is 0 Å². The van der Waals surface area contributed by atoms with E-state index in [9.17, 15) is 9.90 Å². The third-order valence-corrected chi connectivity index (χ3v) is 2.73. The summed E-state index contributed by atoms with van der Waals surface area (Å²) in [6.45, 7) is 0. The number of hydrogen-bond acceptors (Lipinski definition) is 2. The van der Waals surface area contributed by atoms with Crippen LogP contribution in [0, 0.1) is 11.3 Å². The number of rotatable bonds is 3. The van der Waals surface area contributed by atoms with Crippen molar-refractivity contribution in [2.24, 2.45) is 0 Å². The first-order valence-electron chi connectivity index (χ1n) is 5.50. The number of aliphatic carboxylic acids is 1. The summed E-state index contributed by atoms with van der Waals surface area (Å²) < 4.78 is 0. The van der Waals surface area contributed by atoms with E-state index < -0.39 is 11.9 Å². The first-order valence-corrected chi connectivity index (χ1v) is 5.50. The number of nitrogens with zero attached hydrogens (tertiary/aromatic N) is 1. The molecule has 0 radical (unpaired) electrons. The van der Waals surface area contributed by atoms with Crippen molar-refractivity contribution in [1.82, 2.24) is 0 Å². The van der Waals surface area contributed by atoms with Crippen molar-refractivity contribution >= 4 is 5.97 Å². The Labute approximate surface area is 105 Å². The van der Waals surface area contributed by atoms with Gasteiger partial charge in [0.1, 0.15) is 5.92 Å². The monoisotopic (exact) mass is 237 g/mol. The molecule has 0 aromatic heterocycles. The molecule has 0 saturated carbocycles. The van der Waals surface area contributed by atoms with Gasteiger partial charge in [0.15, 0.2) is 0 Å². The quantitative estimate of drug-likeness (QED) is 0.892. The average molecular weight is 237 g/mol. The zero-order valence-electron chi connectivity index (χ0n) is 9.58. The van der Waals surface area contributed by atoms with Gasteiger partial charge in [-0.1, -0.05) is 42.5 Å². The van der Waals surface area contributed by atoms with E-state index in [4.69, 9.17) is 5.26 Å². The van der Waals surface area contributed by atoms with Crippen molar-refractivity contribution in [1.29, 1.82) is 5.26 Å². The van der Waals surface area contributed by atoms with E-state index in [1.54, 1.807) is 48.5 Å². The molecule has 2 aromatic rings. The lowest BCUT2D eigenvalue weighted by Gasteiger charge is -2.13. The number of hydrogen-bond donors (Lipinski definition) is 1. The molecule has 2 aromatic carbocycles. The third kappa shape index (κ3) is 2.38. The number of nitriles is 1. The van der Waals surface area contributed by atoms with Gasteiger partial charge < -0.3 is 5.11 Å². The molecule has 0 amide bonds. The van der Waals surface area contributed by atoms with Gasteiger partial charge in [-0.25, -0.2) is 0 Å². The minimum absolute atomic E-state index is 0.467. The second kappa shape index (κ2) is 5.15. The summed E-state index contributed by atoms with van der Waals surface area (Å²) in [4.78, 5) is 11.4. The molecule has 0 spiro atoms. The minimum atomic E-state index is -0.920. The van der Waals surface area contributed by atoms with Gasteiger partial charge in [0.25, 0.3) is 0 Å². The van der Waals surface area contributed by atoms with Gasteiger partial charge in [0.2, 0.25) is 0 Å². The van der Waals surface area contributed by atoms with Crippen molar-refractivity contribution < 1.29 is 9.90 Å². The van der Waals surface area contributed by atoms with Crippen molar-refractivity contribution in [3.63, 3.8) is 0 Å². The van der Waals surface area contributed by atoms with Crippen LogP contribution in [-0.4, -0.2) is 11.1 Å². The van der Waals surface area contributed by atoms with Crippen LogP contribution in [0.5, 0.6) is 0 Å². The molecule has 88 valence electrons. The predicted molar refractivity (Wildman–Crippen MR) is 67.1 cm³/mol. The molecule has 0 bridgehead atoms. The number of carboxylic acid groups (broad SMARTS) is 1. The molecule has 0 aliphatic rings. The van der Waals surface area contributed by atoms with Gasteiger partial charge in [0, 0.05) is 0 Å². The summed E-state index contributed by atoms with van der Waals surface area (Å²) in [6, 6.07) is 17.7. The van der Waals surface area contributed by atoms with E-state index in [0.29, 0.717) is 16.7 Å². The summed E-state index contributed by atoms with van der Waals surface area (Å²) >= 11 is 0. The predicted octanol–water partition coefficient (Wildman–Crippen LogP) is 2.77. The fourth-order valence-corrected chi connectivity index (χ4v) is 1.91. The summed E-state index contributed by atoms with van der Waals surface area (Å²) in [6.07, 6.45) is 0. The molecule has 18 heavy (non-hydrogen) atoms. The second-order valence-corrected chi connectivity index (χ2v) is 3.92. The Bertz CT molecular complexity index is 599. The largest absolute Gasteiger partial charge is 0.481 e. The van der Waals surface area contributed by atoms with Gasteiger partial charge in [0.05, 0.1) is 11.6 Å². The fourth-order valence-electron chi connectivity index (χ4n) is 1.91. The highest BCUT2D eigenvalue weighted by atomic mass is 16.4. The topological polar surface area (TPSA) is 61.1 Å². The summed E-state index contributed by atoms with van der Waals surface area (Å²) in [5.74, 6) is -1.66. The van der Waals surface area contributed by atoms with Crippen molar-refractivity contribution in [2.45, 2.75) is 5.92 Å². The highest BCUT2D eigenvalue weighted by Gasteiger charge is 2.21. The average Bonchev–Trinajstić information content (AvgIpc) is 2.40. The van der Waals surface area contributed by atoms with Crippen LogP contribution >= 0.6 is 0 Å². The summed E-state index contributed by atoms with van der Waals surface area (Å²) in [5.41, 5.74) is 1.79. The second-order valence-electron chi connectivity index (χ2n) is 3.92. The number of benzene rings is 2. The van der Waals surface area contributed by atoms with Crippen LogP contribution in [-0.2, 0) is 4.79 Å². The minimum Gasteiger partial charge on any atom is -0.481 e. The van der Waals surface area contributed by atoms with E-state index in [2.05, 4.69) is 0 Å². The maximum absolute atomic E-state index is 11.4. The molecule has 1 atom stereocenters. The molecule has 0 aliphatic carbocycles. The van der Waals surface area contributed by atoms with Crippen molar-refractivity contribution in [2.75, 3.05) is 0 Å². The number of carboxylic acids is 1. The van der Waals surface area contributed by atoms with Crippen LogP contribution in [0.3, 0.4) is 0 Å². The highest BCUT2D eigenvalue weighted by molar-refractivity contribution is 5.80. The standard InChI is InChI=1S/C15H11NO2/c16-10-11-5-4-8-13(9-11)14(15(17)18)12-6-2-1-3-7-12/h1-9,14H,(H,17,18). The zero-order valence-corrected chi connectivity index (χ0v) is 9.58. The molecule has 3 heteroatoms. The molecule has 1 unspecified atom stereocenters. The molecule has 0 heterocycles. The van der Waals surface area contributed by atoms with E-state index in [0.717, 1.165) is 0 Å². The zero-order chi connectivity index (χ0) is 13.0. The van der Waals surface area contributed by atoms with Crippen LogP contribution in [0.15, 0.2) is 54.6 Å². The van der Waals surface area contributed by atoms with E-state index in [1.165, 1.54) is 0 Å². The Morgan fingerprint density at radius 3 is 2.33 bits per heavy atom. The molecule has 0 aliphatic heterocycles. The third-order valence-electron chi connectivity index (χ3n) is 2.73. The maximum atomic E-state index is 11.4. The Balaban J connectivity index is 2.49. The summed E-state index contributed by atoms with van der Waals surface area (Å²) in [7, 11) is 0. The van der Waals surface area contributed by atoms with Crippen molar-refractivity contribution in [3.05, 3.63) is 71.3 Å². The molecule has 3 nitrogen and oxygen atoms in total. The van der Waals surface area contributed by atoms with Gasteiger partial charge in [-0.2, -0.15) is 5.26 Å². The van der Waals surface area contributed by atoms with Crippen LogP contribution < -0.4 is 0 Å². The smallest absolute Gasteiger partial charge is 0.315 e. The lowest BCUT2D eigenvalue weighted by Crippen LogP contribution is -2.13. The Morgan fingerprint density at radius 1 is 1.06 bits per heavy atom. The van der Waals surface area contributed by atoms with E-state index in [1.807, 2.05) is 12.1 Å². The lowest BCUT2D eigenvalue weighted by atomic mass is 9.90. The first kappa shape index (κ1) is 11.9. The van der Waals surface area contributed by atoms with E-state index >= 15 is 0 Å². The van der Waals surface area contributed by atoms with Crippen LogP contribution in [0.25, 0.3) is 0 Å². The molecular weight excluding hydrogens is 226 g/mol. The maximum Gasteiger partial charge on any atom is 0.315 e. The van der Waals surface area contributed by atoms with Crippen LogP contribution in [0.4, 0.5) is 0 Å². The molecule has 0 fully saturated rings. The summed E-state index contributed by atoms with van der Waals surface area (Å²) in [5, 5.41) is 18.2. The highest BCUT2D eigenvalue weighted by Crippen LogP contribution is 2.25. The molecule has 0 saturated heterocycles. The lowest BCUT2D eigenvalue weighted by molar-refractivity contribution is -0.137. The van der Waals surface area contributed by atoms with Gasteiger partial charge in [-0.3, -0.25) is 4.79 Å². The Morgan fingerprint density at radius 2 is 1.72 bits per heavy atom. The molecule has 1 N–H and O–H groups in total. The van der Waals surface area contributed by atoms with Crippen molar-refractivity contribution in [3.8, 4) is 6.07 Å². The number of carbonyl (C=O) groups is 1. The first-order chi connectivity index (χ1) is 8.72. The van der Waals surface area contributed by atoms with Crippen LogP contribution in [0.1, 0.15) is 22.6 Å². The SMILES string of the molecule is N#Cc1cccc(C(C(=O)O)c2ccccc2)c1. The van der Waals surface area contributed by atoms with Gasteiger partial charge in [-0.05, 0) is 23.3 Å². The molecule has 2 rings (SSSR count). The molecular formula is C15H11NO2. The van der Waals surface area contributed by atoms with Gasteiger partial charge in [-0.15, -0.1) is 0 Å².